The fourth-order valence-corrected chi connectivity index (χ4v) is 14.0. The highest BCUT2D eigenvalue weighted by molar-refractivity contribution is 14.3. The first-order valence-electron chi connectivity index (χ1n) is 30.8. The van der Waals surface area contributed by atoms with E-state index >= 15 is 0 Å². The van der Waals surface area contributed by atoms with Crippen molar-refractivity contribution >= 4 is 245 Å². The highest BCUT2D eigenvalue weighted by Crippen LogP contribution is 2.46. The van der Waals surface area contributed by atoms with Crippen LogP contribution < -0.4 is 15.2 Å². The number of carbonyl (C=O) groups excluding carboxylic acids is 7. The van der Waals surface area contributed by atoms with Crippen molar-refractivity contribution in [2.45, 2.75) is 142 Å². The molecule has 4 atom stereocenters. The lowest BCUT2D eigenvalue weighted by molar-refractivity contribution is -0.180. The van der Waals surface area contributed by atoms with E-state index in [2.05, 4.69) is 110 Å². The van der Waals surface area contributed by atoms with Crippen LogP contribution in [-0.2, 0) is 80.2 Å². The monoisotopic (exact) mass is 2030 g/mol. The van der Waals surface area contributed by atoms with Crippen molar-refractivity contribution in [3.63, 3.8) is 0 Å². The van der Waals surface area contributed by atoms with E-state index in [-0.39, 0.29) is 80.5 Å². The maximum absolute atomic E-state index is 13.8. The van der Waals surface area contributed by atoms with Gasteiger partial charge in [0.05, 0.1) is 35.5 Å². The number of ketones is 1. The molecule has 0 spiro atoms. The summed E-state index contributed by atoms with van der Waals surface area (Å²) in [5, 5.41) is 17.4. The number of aromatic nitrogens is 2. The summed E-state index contributed by atoms with van der Waals surface area (Å²) in [7, 11) is 3.16. The number of benzene rings is 2. The van der Waals surface area contributed by atoms with E-state index in [1.807, 2.05) is 24.3 Å². The van der Waals surface area contributed by atoms with Crippen molar-refractivity contribution in [3.8, 4) is 11.5 Å². The predicted molar refractivity (Wildman–Crippen MR) is 441 cm³/mol. The Balaban J connectivity index is 0.000000343. The zero-order chi connectivity index (χ0) is 76.4. The fourth-order valence-electron chi connectivity index (χ4n) is 8.80. The van der Waals surface area contributed by atoms with Crippen LogP contribution in [0.3, 0.4) is 0 Å². The molecular weight excluding hydrogens is 1950 g/mol. The average molecular weight is 2030 g/mol. The second kappa shape index (κ2) is 41.5. The van der Waals surface area contributed by atoms with Gasteiger partial charge in [-0.25, -0.2) is 33.9 Å². The van der Waals surface area contributed by atoms with Crippen molar-refractivity contribution in [1.29, 1.82) is 0 Å². The third-order valence-corrected chi connectivity index (χ3v) is 24.6. The number of nitrogens with zero attached hydrogens (tertiary/aromatic N) is 6. The second-order valence-corrected chi connectivity index (χ2v) is 38.2. The summed E-state index contributed by atoms with van der Waals surface area (Å²) >= 11 is 32.7. The minimum atomic E-state index is -1.55. The van der Waals surface area contributed by atoms with Gasteiger partial charge < -0.3 is 48.9 Å². The summed E-state index contributed by atoms with van der Waals surface area (Å²) in [5.74, 6) is -3.13. The van der Waals surface area contributed by atoms with E-state index in [0.29, 0.717) is 48.7 Å². The lowest BCUT2D eigenvalue weighted by Crippen LogP contribution is -2.68. The molecule has 4 aromatic rings. The van der Waals surface area contributed by atoms with E-state index in [9.17, 15) is 43.5 Å². The first-order valence-corrected chi connectivity index (χ1v) is 41.3. The molecule has 2 saturated heterocycles. The van der Waals surface area contributed by atoms with Crippen LogP contribution in [0, 0.1) is 19.8 Å². The van der Waals surface area contributed by atoms with Gasteiger partial charge in [0.25, 0.3) is 2.43 Å². The van der Waals surface area contributed by atoms with Gasteiger partial charge in [-0.2, -0.15) is 0 Å². The van der Waals surface area contributed by atoms with Crippen molar-refractivity contribution in [1.82, 2.24) is 19.8 Å². The van der Waals surface area contributed by atoms with Gasteiger partial charge in [-0.15, -0.1) is 115 Å². The number of fused-ring (bicyclic) bond motifs is 2. The number of hydrogen-bond donors (Lipinski definition) is 2. The lowest BCUT2D eigenvalue weighted by Gasteiger charge is -2.49. The number of ether oxygens (including phenoxy) is 6. The normalized spacial score (nSPS) is 17.5. The molecule has 0 radical (unpaired) electrons. The van der Waals surface area contributed by atoms with Crippen LogP contribution >= 0.6 is 183 Å². The number of alkyl halides is 3. The molecule has 2 fully saturated rings. The minimum absolute atomic E-state index is 0. The Labute approximate surface area is 690 Å². The third-order valence-electron chi connectivity index (χ3n) is 13.7. The number of oxime groups is 2. The second-order valence-electron chi connectivity index (χ2n) is 24.9. The predicted octanol–water partition coefficient (Wildman–Crippen LogP) is 14.2. The number of esters is 4. The standard InChI is InChI=1S/C33H37ClIN3O8S2.C18H19ClN2O4S.C14H19ClN2O5S.CH2BI3.ClH/c1-18-36-25(27(34)48-18)24(37-46-33(5,6)31(42)45-32(2,3)4)23(39)15-22-28(40)38-26(20(9-8-14-35)17-47-29(22)38)30(41)44-16-19-10-12-21(43-7)13-11-19;1-24-13-6-4-11(5-7-13)9-25-18(23)15-12(3-2-8-19)10-26-17-14(20)16(22)21(15)17;1-7-16-8(10(15)23-7)9(11(18)19)17-22-14(5,6)12(20)21-13(2,3)4;3-1-2(4)5;/h8-13,22,29H,14-17H2,1-7H3;2-7,14,17H,8-10,20H2,1H3;1-6H3,(H,18,19);1H2;1H/b9-8+,37-24+;3-2+;17-9-;;/t22-,29?;14-,17?;;;/m11.../s1. The molecule has 8 rings (SSSR count). The summed E-state index contributed by atoms with van der Waals surface area (Å²) in [5.41, 5.74) is 4.14. The van der Waals surface area contributed by atoms with Crippen LogP contribution in [0.5, 0.6) is 11.5 Å². The Morgan fingerprint density at radius 1 is 0.670 bits per heavy atom. The molecule has 2 aromatic heterocycles. The highest BCUT2D eigenvalue weighted by atomic mass is 127. The molecule has 562 valence electrons. The average Bonchev–Trinajstić information content (AvgIpc) is 1.03. The number of thioether (sulfide) groups is 2. The largest absolute Gasteiger partial charge is 0.497 e. The summed E-state index contributed by atoms with van der Waals surface area (Å²) in [4.78, 5) is 124. The first kappa shape index (κ1) is 91.4. The number of allylic oxidation sites excluding steroid dienone is 4. The number of carboxylic acids is 1. The van der Waals surface area contributed by atoms with Gasteiger partial charge in [-0.05, 0) is 134 Å². The number of β-lactam (4-membered cyclic amide) rings is 2. The number of Topliss-reactive ketones (excluding diaryl/α,β-unsaturated/α-hetero) is 1. The molecular formula is C66H78BCl4I4N7O17S4. The minimum Gasteiger partial charge on any atom is -0.497 e. The Hall–Kier alpha value is -4.04. The van der Waals surface area contributed by atoms with Gasteiger partial charge in [0.2, 0.25) is 28.7 Å². The van der Waals surface area contributed by atoms with Crippen molar-refractivity contribution in [2.75, 3.05) is 40.4 Å². The van der Waals surface area contributed by atoms with Crippen molar-refractivity contribution < 1.29 is 81.6 Å². The van der Waals surface area contributed by atoms with Crippen molar-refractivity contribution in [3.05, 3.63) is 137 Å². The zero-order valence-corrected chi connectivity index (χ0v) is 73.4. The molecule has 4 aliphatic heterocycles. The number of carbonyl (C=O) groups is 8. The van der Waals surface area contributed by atoms with Gasteiger partial charge in [0, 0.05) is 28.2 Å². The molecule has 0 aliphatic carbocycles. The molecule has 2 unspecified atom stereocenters. The van der Waals surface area contributed by atoms with Crippen molar-refractivity contribution in [2.24, 2.45) is 22.0 Å². The molecule has 24 nitrogen and oxygen atoms in total. The summed E-state index contributed by atoms with van der Waals surface area (Å²) in [6, 6.07) is 13.8. The summed E-state index contributed by atoms with van der Waals surface area (Å²) in [6.45, 7) is 19.6. The summed E-state index contributed by atoms with van der Waals surface area (Å²) < 4.78 is 35.2. The van der Waals surface area contributed by atoms with E-state index in [1.165, 1.54) is 65.3 Å². The van der Waals surface area contributed by atoms with Gasteiger partial charge in [0.15, 0.2) is 11.5 Å². The molecule has 2 amide bonds. The number of amides is 2. The molecule has 0 bridgehead atoms. The van der Waals surface area contributed by atoms with Crippen LogP contribution in [0.25, 0.3) is 0 Å². The Morgan fingerprint density at radius 3 is 1.44 bits per heavy atom. The molecule has 103 heavy (non-hydrogen) atoms. The molecule has 2 aromatic carbocycles. The van der Waals surface area contributed by atoms with Gasteiger partial charge >= 0.3 is 29.8 Å². The first-order chi connectivity index (χ1) is 47.7. The SMILES string of the molecule is COc1ccc(COC(=O)C2=C(/C=C/CCl)CSC3[C@H](N)C(=O)N23)cc1.COc1ccc(COC(=O)C2=C(/C=C/CI)CSC3[C@H](CC(=O)/C(=N\OC(C)(C)C(=O)OC(C)(C)C)c4nc(C)sc4Cl)C(=O)N23)cc1.Cc1nc(/C(=N/OC(C)(C)C(=O)OC(C)(C)C)C(=O)O)c(Cl)s1.Cl.ICB(I)I. The molecule has 37 heteroatoms. The number of methoxy groups -OCH3 is 2. The van der Waals surface area contributed by atoms with Gasteiger partial charge in [-0.1, -0.05) is 127 Å². The number of halogens is 8. The number of thiazole rings is 2. The molecule has 4 aliphatic rings. The number of rotatable bonds is 25. The Kier molecular flexibility index (Phi) is 36.8. The summed E-state index contributed by atoms with van der Waals surface area (Å²) in [6.07, 6.45) is 6.98. The highest BCUT2D eigenvalue weighted by Gasteiger charge is 2.55. The van der Waals surface area contributed by atoms with Gasteiger partial charge in [-0.3, -0.25) is 24.2 Å². The van der Waals surface area contributed by atoms with Crippen LogP contribution in [0.4, 0.5) is 0 Å². The quantitative estimate of drug-likeness (QED) is 0.00910. The van der Waals surface area contributed by atoms with Crippen LogP contribution in [0.2, 0.25) is 8.67 Å². The molecule has 0 saturated carbocycles. The fraction of sp³-hybridized carbons (Fsp3) is 0.455. The van der Waals surface area contributed by atoms with Gasteiger partial charge in [0.1, 0.15) is 78.8 Å². The van der Waals surface area contributed by atoms with E-state index in [1.54, 1.807) is 118 Å². The number of aryl methyl sites for hydroxylation is 2. The van der Waals surface area contributed by atoms with Crippen LogP contribution in [0.15, 0.2) is 106 Å². The number of aliphatic carboxylic acids is 1. The smallest absolute Gasteiger partial charge is 0.360 e. The third kappa shape index (κ3) is 26.7. The van der Waals surface area contributed by atoms with E-state index in [4.69, 9.17) is 78.6 Å². The van der Waals surface area contributed by atoms with E-state index in [0.717, 1.165) is 42.0 Å². The lowest BCUT2D eigenvalue weighted by atomic mass is 9.89. The Morgan fingerprint density at radius 2 is 1.07 bits per heavy atom. The number of nitrogens with two attached hydrogens (primary N) is 1. The Bertz CT molecular complexity index is 3900. The number of hydrogen-bond acceptors (Lipinski definition) is 25. The maximum atomic E-state index is 13.8. The van der Waals surface area contributed by atoms with Crippen LogP contribution in [0.1, 0.15) is 108 Å². The zero-order valence-electron chi connectivity index (χ0n) is 58.4. The van der Waals surface area contributed by atoms with Crippen LogP contribution in [-0.4, -0.2) is 166 Å². The molecule has 6 heterocycles. The topological polar surface area (TPSA) is 314 Å². The molecule has 3 N–H and O–H groups in total. The van der Waals surface area contributed by atoms with E-state index < -0.39 is 87.0 Å². The number of carboxylic acid groups (broad SMARTS) is 1. The maximum Gasteiger partial charge on any atom is 0.360 e.